The summed E-state index contributed by atoms with van der Waals surface area (Å²) < 4.78 is 43.6. The minimum atomic E-state index is -4.71. The third kappa shape index (κ3) is 3.79. The highest BCUT2D eigenvalue weighted by molar-refractivity contribution is 5.80. The Morgan fingerprint density at radius 2 is 1.59 bits per heavy atom. The molecule has 1 heterocycles. The van der Waals surface area contributed by atoms with Gasteiger partial charge in [0, 0.05) is 12.1 Å². The number of imidazole rings is 1. The summed E-state index contributed by atoms with van der Waals surface area (Å²) in [5.74, 6) is 0.532. The van der Waals surface area contributed by atoms with Crippen LogP contribution in [0.15, 0.2) is 78.9 Å². The van der Waals surface area contributed by atoms with Crippen molar-refractivity contribution in [2.24, 2.45) is 0 Å². The van der Waals surface area contributed by atoms with E-state index >= 15 is 0 Å². The summed E-state index contributed by atoms with van der Waals surface area (Å²) in [6.07, 6.45) is -4.71. The molecule has 0 unspecified atom stereocenters. The summed E-state index contributed by atoms with van der Waals surface area (Å²) in [7, 11) is 0. The first-order valence-corrected chi connectivity index (χ1v) is 8.35. The first-order valence-electron chi connectivity index (χ1n) is 8.35. The fourth-order valence-electron chi connectivity index (χ4n) is 3.07. The van der Waals surface area contributed by atoms with E-state index in [1.807, 2.05) is 59.2 Å². The van der Waals surface area contributed by atoms with Gasteiger partial charge in [0.25, 0.3) is 0 Å². The standard InChI is InChI=1S/C21H15F3N2O/c22-21(23,24)27-17-10-6-7-15(13-17)14-26-19-12-5-4-11-18(19)25-20(26)16-8-2-1-3-9-16/h1-13H,14H2. The Balaban J connectivity index is 1.77. The first-order chi connectivity index (χ1) is 13.0. The van der Waals surface area contributed by atoms with Crippen LogP contribution in [0.2, 0.25) is 0 Å². The van der Waals surface area contributed by atoms with Crippen molar-refractivity contribution in [3.05, 3.63) is 84.4 Å². The molecule has 0 aliphatic heterocycles. The quantitative estimate of drug-likeness (QED) is 0.465. The monoisotopic (exact) mass is 368 g/mol. The van der Waals surface area contributed by atoms with Gasteiger partial charge in [-0.1, -0.05) is 54.6 Å². The molecule has 27 heavy (non-hydrogen) atoms. The second kappa shape index (κ2) is 6.79. The predicted octanol–water partition coefficient (Wildman–Crippen LogP) is 5.65. The van der Waals surface area contributed by atoms with Crippen molar-refractivity contribution in [3.8, 4) is 17.1 Å². The van der Waals surface area contributed by atoms with Crippen molar-refractivity contribution >= 4 is 11.0 Å². The molecular weight excluding hydrogens is 353 g/mol. The molecule has 0 radical (unpaired) electrons. The maximum Gasteiger partial charge on any atom is 0.573 e. The second-order valence-electron chi connectivity index (χ2n) is 6.07. The topological polar surface area (TPSA) is 27.1 Å². The number of ether oxygens (including phenoxy) is 1. The maximum absolute atomic E-state index is 12.5. The maximum atomic E-state index is 12.5. The van der Waals surface area contributed by atoms with Crippen molar-refractivity contribution in [2.75, 3.05) is 0 Å². The molecule has 0 aliphatic carbocycles. The van der Waals surface area contributed by atoms with Gasteiger partial charge in [0.15, 0.2) is 0 Å². The normalized spacial score (nSPS) is 11.7. The number of halogens is 3. The molecule has 1 aromatic heterocycles. The van der Waals surface area contributed by atoms with E-state index in [4.69, 9.17) is 4.98 Å². The Bertz CT molecular complexity index is 1070. The number of hydrogen-bond acceptors (Lipinski definition) is 2. The van der Waals surface area contributed by atoms with E-state index in [1.165, 1.54) is 12.1 Å². The summed E-state index contributed by atoms with van der Waals surface area (Å²) in [5, 5.41) is 0. The number of rotatable bonds is 4. The van der Waals surface area contributed by atoms with Crippen molar-refractivity contribution in [3.63, 3.8) is 0 Å². The van der Waals surface area contributed by atoms with Crippen molar-refractivity contribution in [2.45, 2.75) is 12.9 Å². The first kappa shape index (κ1) is 17.1. The molecule has 0 atom stereocenters. The lowest BCUT2D eigenvalue weighted by molar-refractivity contribution is -0.274. The lowest BCUT2D eigenvalue weighted by atomic mass is 10.2. The lowest BCUT2D eigenvalue weighted by Gasteiger charge is -2.12. The van der Waals surface area contributed by atoms with Crippen LogP contribution in [0.1, 0.15) is 5.56 Å². The smallest absolute Gasteiger partial charge is 0.406 e. The van der Waals surface area contributed by atoms with Crippen LogP contribution in [0.5, 0.6) is 5.75 Å². The third-order valence-electron chi connectivity index (χ3n) is 4.16. The van der Waals surface area contributed by atoms with Gasteiger partial charge in [0.05, 0.1) is 11.0 Å². The van der Waals surface area contributed by atoms with Crippen LogP contribution >= 0.6 is 0 Å². The Hall–Kier alpha value is -3.28. The summed E-state index contributed by atoms with van der Waals surface area (Å²) in [5.41, 5.74) is 3.38. The Kier molecular flexibility index (Phi) is 4.32. The van der Waals surface area contributed by atoms with Gasteiger partial charge in [0.2, 0.25) is 0 Å². The van der Waals surface area contributed by atoms with Gasteiger partial charge in [-0.25, -0.2) is 4.98 Å². The summed E-state index contributed by atoms with van der Waals surface area (Å²) in [6.45, 7) is 0.375. The van der Waals surface area contributed by atoms with Gasteiger partial charge in [0.1, 0.15) is 11.6 Å². The summed E-state index contributed by atoms with van der Waals surface area (Å²) in [4.78, 5) is 4.71. The zero-order valence-electron chi connectivity index (χ0n) is 14.1. The molecule has 0 saturated carbocycles. The number of alkyl halides is 3. The number of fused-ring (bicyclic) bond motifs is 1. The highest BCUT2D eigenvalue weighted by Gasteiger charge is 2.31. The summed E-state index contributed by atoms with van der Waals surface area (Å²) >= 11 is 0. The van der Waals surface area contributed by atoms with Gasteiger partial charge in [-0.3, -0.25) is 0 Å². The average molecular weight is 368 g/mol. The number of para-hydroxylation sites is 2. The van der Waals surface area contributed by atoms with E-state index in [1.54, 1.807) is 12.1 Å². The van der Waals surface area contributed by atoms with Gasteiger partial charge < -0.3 is 9.30 Å². The van der Waals surface area contributed by atoms with Gasteiger partial charge in [-0.05, 0) is 29.8 Å². The van der Waals surface area contributed by atoms with E-state index in [-0.39, 0.29) is 5.75 Å². The van der Waals surface area contributed by atoms with Crippen molar-refractivity contribution in [1.29, 1.82) is 0 Å². The average Bonchev–Trinajstić information content (AvgIpc) is 3.00. The van der Waals surface area contributed by atoms with Gasteiger partial charge in [-0.15, -0.1) is 13.2 Å². The third-order valence-corrected chi connectivity index (χ3v) is 4.16. The Morgan fingerprint density at radius 1 is 0.852 bits per heavy atom. The molecule has 4 aromatic rings. The largest absolute Gasteiger partial charge is 0.573 e. The van der Waals surface area contributed by atoms with Crippen LogP contribution in [0.25, 0.3) is 22.4 Å². The van der Waals surface area contributed by atoms with Crippen LogP contribution < -0.4 is 4.74 Å². The SMILES string of the molecule is FC(F)(F)Oc1cccc(Cn2c(-c3ccccc3)nc3ccccc32)c1. The molecular formula is C21H15F3N2O. The zero-order valence-corrected chi connectivity index (χ0v) is 14.1. The van der Waals surface area contributed by atoms with Crippen LogP contribution in [0.4, 0.5) is 13.2 Å². The minimum absolute atomic E-state index is 0.231. The molecule has 0 aliphatic rings. The van der Waals surface area contributed by atoms with Crippen LogP contribution in [-0.4, -0.2) is 15.9 Å². The molecule has 0 saturated heterocycles. The fourth-order valence-corrected chi connectivity index (χ4v) is 3.07. The number of nitrogens with zero attached hydrogens (tertiary/aromatic N) is 2. The summed E-state index contributed by atoms with van der Waals surface area (Å²) in [6, 6.07) is 23.4. The molecule has 4 rings (SSSR count). The van der Waals surface area contributed by atoms with Crippen LogP contribution in [0.3, 0.4) is 0 Å². The molecule has 3 aromatic carbocycles. The minimum Gasteiger partial charge on any atom is -0.406 e. The molecule has 0 bridgehead atoms. The molecule has 136 valence electrons. The van der Waals surface area contributed by atoms with E-state index in [2.05, 4.69) is 4.74 Å². The molecule has 0 spiro atoms. The van der Waals surface area contributed by atoms with Gasteiger partial charge in [-0.2, -0.15) is 0 Å². The molecule has 3 nitrogen and oxygen atoms in total. The van der Waals surface area contributed by atoms with E-state index in [0.717, 1.165) is 22.4 Å². The lowest BCUT2D eigenvalue weighted by Crippen LogP contribution is -2.17. The number of aromatic nitrogens is 2. The van der Waals surface area contributed by atoms with E-state index in [0.29, 0.717) is 12.1 Å². The molecule has 0 fully saturated rings. The van der Waals surface area contributed by atoms with Crippen LogP contribution in [0, 0.1) is 0 Å². The fraction of sp³-hybridized carbons (Fsp3) is 0.0952. The molecule has 0 amide bonds. The van der Waals surface area contributed by atoms with Gasteiger partial charge >= 0.3 is 6.36 Å². The van der Waals surface area contributed by atoms with E-state index < -0.39 is 6.36 Å². The number of benzene rings is 3. The van der Waals surface area contributed by atoms with E-state index in [9.17, 15) is 13.2 Å². The van der Waals surface area contributed by atoms with Crippen molar-refractivity contribution < 1.29 is 17.9 Å². The van der Waals surface area contributed by atoms with Crippen molar-refractivity contribution in [1.82, 2.24) is 9.55 Å². The highest BCUT2D eigenvalue weighted by atomic mass is 19.4. The molecule has 6 heteroatoms. The highest BCUT2D eigenvalue weighted by Crippen LogP contribution is 2.28. The second-order valence-corrected chi connectivity index (χ2v) is 6.07. The zero-order chi connectivity index (χ0) is 18.9. The molecule has 0 N–H and O–H groups in total. The predicted molar refractivity (Wildman–Crippen MR) is 97.4 cm³/mol. The Labute approximate surface area is 153 Å². The van der Waals surface area contributed by atoms with Crippen LogP contribution in [-0.2, 0) is 6.54 Å². The number of hydrogen-bond donors (Lipinski definition) is 0. The Morgan fingerprint density at radius 3 is 2.37 bits per heavy atom.